The second kappa shape index (κ2) is 21.0. The van der Waals surface area contributed by atoms with Gasteiger partial charge in [-0.25, -0.2) is 8.78 Å². The summed E-state index contributed by atoms with van der Waals surface area (Å²) in [5.41, 5.74) is 6.29. The fraction of sp³-hybridized carbons (Fsp3) is 0.744. The highest BCUT2D eigenvalue weighted by Crippen LogP contribution is 2.29. The molecule has 1 fully saturated rings. The van der Waals surface area contributed by atoms with Crippen molar-refractivity contribution in [3.63, 3.8) is 0 Å². The highest BCUT2D eigenvalue weighted by molar-refractivity contribution is 5.90. The van der Waals surface area contributed by atoms with Gasteiger partial charge in [0.15, 0.2) is 0 Å². The standard InChI is InChI=1S/C39H66F2N6O6/c1-13-24(6)35(46(10)39(51)33(22(2)3)44-38(50)34(23(4)5)45(8)9)31(52-11)20-32(48)47-21-26(42)19-30(47)36(53-12)25(7)37(49)43-18-17-27-28(40)15-14-16-29(27)41/h14-16,22-26,30-31,33-36H,13,17-21,42H2,1-12H3,(H,43,49)(H,44,50)/t24?,25-,26+,30+,31-,33?,34+,35+,36-/m1/s1. The molecular weight excluding hydrogens is 686 g/mol. The fourth-order valence-electron chi connectivity index (χ4n) is 7.71. The van der Waals surface area contributed by atoms with Gasteiger partial charge in [0.1, 0.15) is 17.7 Å². The van der Waals surface area contributed by atoms with Gasteiger partial charge in [0.05, 0.1) is 42.7 Å². The van der Waals surface area contributed by atoms with Gasteiger partial charge in [-0.1, -0.05) is 61.0 Å². The highest BCUT2D eigenvalue weighted by Gasteiger charge is 2.45. The molecule has 53 heavy (non-hydrogen) atoms. The topological polar surface area (TPSA) is 147 Å². The molecule has 1 aliphatic rings. The number of likely N-dealkylation sites (tertiary alicyclic amines) is 1. The fourth-order valence-corrected chi connectivity index (χ4v) is 7.71. The van der Waals surface area contributed by atoms with Crippen molar-refractivity contribution in [3.8, 4) is 0 Å². The van der Waals surface area contributed by atoms with Crippen molar-refractivity contribution in [1.82, 2.24) is 25.3 Å². The maximum Gasteiger partial charge on any atom is 0.245 e. The van der Waals surface area contributed by atoms with E-state index in [1.54, 1.807) is 23.8 Å². The number of amides is 4. The first-order valence-electron chi connectivity index (χ1n) is 18.9. The predicted octanol–water partition coefficient (Wildman–Crippen LogP) is 3.21. The van der Waals surface area contributed by atoms with Crippen molar-refractivity contribution in [3.05, 3.63) is 35.4 Å². The van der Waals surface area contributed by atoms with Crippen molar-refractivity contribution >= 4 is 23.6 Å². The number of ether oxygens (including phenoxy) is 2. The number of likely N-dealkylation sites (N-methyl/N-ethyl adjacent to an activating group) is 2. The average Bonchev–Trinajstić information content (AvgIpc) is 3.48. The molecule has 1 aromatic carbocycles. The van der Waals surface area contributed by atoms with Crippen LogP contribution in [0.25, 0.3) is 0 Å². The third-order valence-electron chi connectivity index (χ3n) is 10.8. The summed E-state index contributed by atoms with van der Waals surface area (Å²) in [7, 11) is 8.36. The highest BCUT2D eigenvalue weighted by atomic mass is 19.1. The Labute approximate surface area is 315 Å². The molecule has 4 N–H and O–H groups in total. The van der Waals surface area contributed by atoms with Crippen molar-refractivity contribution in [2.45, 2.75) is 117 Å². The lowest BCUT2D eigenvalue weighted by molar-refractivity contribution is -0.148. The second-order valence-electron chi connectivity index (χ2n) is 15.5. The summed E-state index contributed by atoms with van der Waals surface area (Å²) in [5, 5.41) is 5.76. The van der Waals surface area contributed by atoms with Crippen molar-refractivity contribution in [1.29, 1.82) is 0 Å². The van der Waals surface area contributed by atoms with Crippen LogP contribution in [-0.4, -0.2) is 129 Å². The molecule has 1 saturated heterocycles. The second-order valence-corrected chi connectivity index (χ2v) is 15.5. The van der Waals surface area contributed by atoms with Gasteiger partial charge in [-0.05, 0) is 56.8 Å². The van der Waals surface area contributed by atoms with E-state index in [1.165, 1.54) is 32.4 Å². The first kappa shape index (κ1) is 46.0. The number of hydrogen-bond donors (Lipinski definition) is 3. The van der Waals surface area contributed by atoms with Crippen molar-refractivity contribution in [2.75, 3.05) is 48.5 Å². The summed E-state index contributed by atoms with van der Waals surface area (Å²) in [5.74, 6) is -3.47. The smallest absolute Gasteiger partial charge is 0.245 e. The maximum atomic E-state index is 14.2. The van der Waals surface area contributed by atoms with Crippen LogP contribution in [0.3, 0.4) is 0 Å². The Morgan fingerprint density at radius 1 is 0.962 bits per heavy atom. The summed E-state index contributed by atoms with van der Waals surface area (Å²) in [6.07, 6.45) is -0.415. The Morgan fingerprint density at radius 2 is 1.57 bits per heavy atom. The zero-order chi connectivity index (χ0) is 40.3. The third kappa shape index (κ3) is 11.9. The molecule has 9 atom stereocenters. The van der Waals surface area contributed by atoms with Crippen LogP contribution in [0, 0.1) is 35.3 Å². The quantitative estimate of drug-likeness (QED) is 0.184. The molecule has 1 heterocycles. The Balaban J connectivity index is 2.26. The molecule has 0 bridgehead atoms. The molecule has 4 amide bonds. The molecule has 0 saturated carbocycles. The van der Waals surface area contributed by atoms with Crippen LogP contribution in [0.4, 0.5) is 8.78 Å². The van der Waals surface area contributed by atoms with E-state index in [2.05, 4.69) is 10.6 Å². The van der Waals surface area contributed by atoms with Gasteiger partial charge in [-0.3, -0.25) is 24.1 Å². The number of halogens is 2. The minimum atomic E-state index is -0.796. The van der Waals surface area contributed by atoms with Crippen LogP contribution in [-0.2, 0) is 35.1 Å². The van der Waals surface area contributed by atoms with E-state index in [-0.39, 0.29) is 78.9 Å². The molecule has 0 aliphatic carbocycles. The number of nitrogens with one attached hydrogen (secondary N) is 2. The van der Waals surface area contributed by atoms with E-state index in [1.807, 2.05) is 60.5 Å². The molecule has 2 rings (SSSR count). The maximum absolute atomic E-state index is 14.2. The number of hydrogen-bond acceptors (Lipinski definition) is 8. The summed E-state index contributed by atoms with van der Waals surface area (Å²) in [4.78, 5) is 60.1. The van der Waals surface area contributed by atoms with Crippen LogP contribution in [0.1, 0.15) is 73.3 Å². The van der Waals surface area contributed by atoms with Crippen LogP contribution >= 0.6 is 0 Å². The minimum absolute atomic E-state index is 0.0123. The van der Waals surface area contributed by atoms with Crippen LogP contribution in [0.15, 0.2) is 18.2 Å². The molecule has 12 nitrogen and oxygen atoms in total. The molecule has 1 aliphatic heterocycles. The van der Waals surface area contributed by atoms with E-state index in [4.69, 9.17) is 15.2 Å². The lowest BCUT2D eigenvalue weighted by atomic mass is 9.89. The molecule has 2 unspecified atom stereocenters. The van der Waals surface area contributed by atoms with Gasteiger partial charge in [0, 0.05) is 46.0 Å². The minimum Gasteiger partial charge on any atom is -0.379 e. The summed E-state index contributed by atoms with van der Waals surface area (Å²) in [6, 6.07) is 1.02. The Hall–Kier alpha value is -3.20. The summed E-state index contributed by atoms with van der Waals surface area (Å²) < 4.78 is 40.0. The number of methoxy groups -OCH3 is 2. The zero-order valence-electron chi connectivity index (χ0n) is 33.9. The Bertz CT molecular complexity index is 1340. The summed E-state index contributed by atoms with van der Waals surface area (Å²) >= 11 is 0. The van der Waals surface area contributed by atoms with E-state index in [9.17, 15) is 28.0 Å². The lowest BCUT2D eigenvalue weighted by Crippen LogP contribution is -2.59. The molecule has 0 radical (unpaired) electrons. The normalized spacial score (nSPS) is 20.2. The van der Waals surface area contributed by atoms with Gasteiger partial charge >= 0.3 is 0 Å². The summed E-state index contributed by atoms with van der Waals surface area (Å²) in [6.45, 7) is 13.7. The zero-order valence-corrected chi connectivity index (χ0v) is 33.9. The van der Waals surface area contributed by atoms with Gasteiger partial charge in [0.2, 0.25) is 23.6 Å². The van der Waals surface area contributed by atoms with E-state index < -0.39 is 53.9 Å². The third-order valence-corrected chi connectivity index (χ3v) is 10.8. The average molecular weight is 753 g/mol. The number of nitrogens with two attached hydrogens (primary N) is 1. The van der Waals surface area contributed by atoms with Crippen LogP contribution in [0.2, 0.25) is 0 Å². The molecule has 302 valence electrons. The van der Waals surface area contributed by atoms with Crippen LogP contribution < -0.4 is 16.4 Å². The largest absolute Gasteiger partial charge is 0.379 e. The molecule has 1 aromatic rings. The van der Waals surface area contributed by atoms with E-state index >= 15 is 0 Å². The monoisotopic (exact) mass is 753 g/mol. The van der Waals surface area contributed by atoms with Crippen molar-refractivity contribution in [2.24, 2.45) is 29.4 Å². The molecule has 14 heteroatoms. The van der Waals surface area contributed by atoms with E-state index in [0.29, 0.717) is 12.8 Å². The first-order chi connectivity index (χ1) is 24.8. The Morgan fingerprint density at radius 3 is 2.06 bits per heavy atom. The van der Waals surface area contributed by atoms with Gasteiger partial charge < -0.3 is 35.6 Å². The number of nitrogens with zero attached hydrogens (tertiary/aromatic N) is 3. The number of carbonyl (C=O) groups excluding carboxylic acids is 4. The SMILES string of the molecule is CCC(C)[C@@H]([C@@H](CC(=O)N1C[C@@H](N)C[C@H]1[C@H](OC)[C@@H](C)C(=O)NCCc1c(F)cccc1F)OC)N(C)C(=O)C(NC(=O)[C@H](C(C)C)N(C)C)C(C)C. The van der Waals surface area contributed by atoms with Gasteiger partial charge in [0.25, 0.3) is 0 Å². The lowest BCUT2D eigenvalue weighted by Gasteiger charge is -2.41. The Kier molecular flexibility index (Phi) is 18.2. The van der Waals surface area contributed by atoms with Gasteiger partial charge in [-0.2, -0.15) is 0 Å². The van der Waals surface area contributed by atoms with E-state index in [0.717, 1.165) is 0 Å². The molecular formula is C39H66F2N6O6. The first-order valence-corrected chi connectivity index (χ1v) is 18.9. The van der Waals surface area contributed by atoms with Crippen molar-refractivity contribution < 1.29 is 37.4 Å². The molecule has 0 aromatic heterocycles. The molecule has 0 spiro atoms. The van der Waals surface area contributed by atoms with Crippen LogP contribution in [0.5, 0.6) is 0 Å². The van der Waals surface area contributed by atoms with Gasteiger partial charge in [-0.15, -0.1) is 0 Å². The number of carbonyl (C=O) groups is 4. The number of benzene rings is 1. The predicted molar refractivity (Wildman–Crippen MR) is 202 cm³/mol. The number of rotatable bonds is 20.